The number of aromatic nitrogens is 1. The fraction of sp³-hybridized carbons (Fsp3) is 0.286. The van der Waals surface area contributed by atoms with Gasteiger partial charge in [0.2, 0.25) is 0 Å². The van der Waals surface area contributed by atoms with Gasteiger partial charge in [-0.1, -0.05) is 0 Å². The minimum atomic E-state index is -0.871. The topological polar surface area (TPSA) is 97.6 Å². The summed E-state index contributed by atoms with van der Waals surface area (Å²) in [5.41, 5.74) is 0.839. The fourth-order valence-corrected chi connectivity index (χ4v) is 4.77. The minimum Gasteiger partial charge on any atom is -0.331 e. The summed E-state index contributed by atoms with van der Waals surface area (Å²) in [6, 6.07) is 3.74. The van der Waals surface area contributed by atoms with Gasteiger partial charge in [0, 0.05) is 18.2 Å². The minimum absolute atomic E-state index is 0.142. The number of nitriles is 1. The lowest BCUT2D eigenvalue weighted by Crippen LogP contribution is -2.54. The third-order valence-electron chi connectivity index (χ3n) is 6.06. The molecule has 4 amide bonds. The Bertz CT molecular complexity index is 1190. The number of urea groups is 1. The molecule has 1 aromatic carbocycles. The first-order valence-electron chi connectivity index (χ1n) is 9.60. The van der Waals surface area contributed by atoms with Crippen LogP contribution in [0.15, 0.2) is 30.5 Å². The number of piperazine rings is 1. The number of likely N-dealkylation sites (tertiary alicyclic amines) is 1. The summed E-state index contributed by atoms with van der Waals surface area (Å²) in [7, 11) is 0. The molecule has 3 atom stereocenters. The van der Waals surface area contributed by atoms with E-state index in [4.69, 9.17) is 5.26 Å². The Hall–Kier alpha value is -3.87. The number of hydrogen-bond donors (Lipinski definition) is 0. The number of rotatable bonds is 2. The lowest BCUT2D eigenvalue weighted by Gasteiger charge is -2.34. The van der Waals surface area contributed by atoms with Crippen molar-refractivity contribution in [2.24, 2.45) is 0 Å². The van der Waals surface area contributed by atoms with Gasteiger partial charge in [0.25, 0.3) is 11.8 Å². The number of amides is 4. The summed E-state index contributed by atoms with van der Waals surface area (Å²) in [5, 5.41) is 9.04. The third-order valence-corrected chi connectivity index (χ3v) is 6.06. The maximum Gasteiger partial charge on any atom is 0.332 e. The Kier molecular flexibility index (Phi) is 4.05. The van der Waals surface area contributed by atoms with Gasteiger partial charge in [-0.2, -0.15) is 5.26 Å². The first kappa shape index (κ1) is 19.1. The normalized spacial score (nSPS) is 24.1. The van der Waals surface area contributed by atoms with E-state index < -0.39 is 41.6 Å². The average molecular weight is 423 g/mol. The molecule has 3 saturated heterocycles. The van der Waals surface area contributed by atoms with E-state index in [2.05, 4.69) is 4.98 Å². The van der Waals surface area contributed by atoms with Crippen molar-refractivity contribution in [3.8, 4) is 6.07 Å². The number of carbonyl (C=O) groups excluding carboxylic acids is 3. The van der Waals surface area contributed by atoms with Crippen molar-refractivity contribution in [1.82, 2.24) is 14.8 Å². The largest absolute Gasteiger partial charge is 0.332 e. The number of benzene rings is 1. The number of halogens is 2. The van der Waals surface area contributed by atoms with Crippen LogP contribution < -0.4 is 4.90 Å². The number of aryl methyl sites for hydroxylation is 1. The zero-order chi connectivity index (χ0) is 22.0. The van der Waals surface area contributed by atoms with Gasteiger partial charge in [-0.15, -0.1) is 0 Å². The van der Waals surface area contributed by atoms with E-state index in [9.17, 15) is 23.2 Å². The molecule has 3 aliphatic heterocycles. The van der Waals surface area contributed by atoms with Gasteiger partial charge < -0.3 is 9.80 Å². The Morgan fingerprint density at radius 3 is 2.55 bits per heavy atom. The van der Waals surface area contributed by atoms with Crippen molar-refractivity contribution in [3.63, 3.8) is 0 Å². The van der Waals surface area contributed by atoms with E-state index in [0.29, 0.717) is 18.1 Å². The Balaban J connectivity index is 1.45. The van der Waals surface area contributed by atoms with Crippen molar-refractivity contribution < 1.29 is 23.2 Å². The highest BCUT2D eigenvalue weighted by Crippen LogP contribution is 2.42. The SMILES string of the molecule is Cc1cc(N2C(=O)[C@@H]3C4C[C@H](CN4C(=O)c4cc(F)cc(F)c4)N3C2=O)cnc1C#N. The molecular formula is C21H15F2N5O3. The standard InChI is InChI=1S/C21H15F2N5O3/c1-10-2-14(8-25-16(10)7-24)28-20(30)18-17-6-15(27(18)21(28)31)9-26(17)19(29)11-3-12(22)5-13(23)4-11/h2-5,8,15,17-18H,6,9H2,1H3/t15-,17?,18+/m1/s1. The second-order valence-corrected chi connectivity index (χ2v) is 7.85. The van der Waals surface area contributed by atoms with Crippen LogP contribution in [0.4, 0.5) is 19.3 Å². The van der Waals surface area contributed by atoms with Crippen LogP contribution in [0.25, 0.3) is 0 Å². The molecule has 0 aliphatic carbocycles. The highest BCUT2D eigenvalue weighted by molar-refractivity contribution is 6.22. The average Bonchev–Trinajstić information content (AvgIpc) is 3.38. The molecule has 3 aliphatic rings. The van der Waals surface area contributed by atoms with E-state index >= 15 is 0 Å². The highest BCUT2D eigenvalue weighted by Gasteiger charge is 2.63. The quantitative estimate of drug-likeness (QED) is 0.688. The van der Waals surface area contributed by atoms with Gasteiger partial charge in [-0.05, 0) is 37.1 Å². The second-order valence-electron chi connectivity index (χ2n) is 7.85. The Morgan fingerprint density at radius 2 is 1.90 bits per heavy atom. The van der Waals surface area contributed by atoms with Gasteiger partial charge >= 0.3 is 6.03 Å². The molecule has 31 heavy (non-hydrogen) atoms. The number of anilines is 1. The first-order valence-corrected chi connectivity index (χ1v) is 9.60. The maximum absolute atomic E-state index is 13.6. The number of nitrogens with zero attached hydrogens (tertiary/aromatic N) is 5. The van der Waals surface area contributed by atoms with Gasteiger partial charge in [0.05, 0.1) is 24.0 Å². The van der Waals surface area contributed by atoms with E-state index in [-0.39, 0.29) is 29.5 Å². The predicted molar refractivity (Wildman–Crippen MR) is 102 cm³/mol. The summed E-state index contributed by atoms with van der Waals surface area (Å²) >= 11 is 0. The van der Waals surface area contributed by atoms with E-state index in [1.807, 2.05) is 6.07 Å². The summed E-state index contributed by atoms with van der Waals surface area (Å²) in [5.74, 6) is -2.81. The van der Waals surface area contributed by atoms with Crippen LogP contribution in [0.2, 0.25) is 0 Å². The molecule has 0 radical (unpaired) electrons. The molecule has 10 heteroatoms. The number of fused-ring (bicyclic) bond motifs is 5. The molecule has 2 aromatic rings. The molecule has 5 rings (SSSR count). The molecule has 156 valence electrons. The highest BCUT2D eigenvalue weighted by atomic mass is 19.1. The molecule has 0 spiro atoms. The van der Waals surface area contributed by atoms with Crippen LogP contribution in [-0.4, -0.2) is 57.3 Å². The summed E-state index contributed by atoms with van der Waals surface area (Å²) in [6.45, 7) is 1.83. The van der Waals surface area contributed by atoms with Crippen LogP contribution in [0.3, 0.4) is 0 Å². The molecule has 0 saturated carbocycles. The summed E-state index contributed by atoms with van der Waals surface area (Å²) in [4.78, 5) is 47.0. The lowest BCUT2D eigenvalue weighted by atomic mass is 10.1. The van der Waals surface area contributed by atoms with E-state index in [0.717, 1.165) is 17.0 Å². The number of imide groups is 1. The third kappa shape index (κ3) is 2.70. The van der Waals surface area contributed by atoms with Crippen LogP contribution in [0.5, 0.6) is 0 Å². The first-order chi connectivity index (χ1) is 14.8. The van der Waals surface area contributed by atoms with Crippen molar-refractivity contribution in [3.05, 3.63) is 58.9 Å². The van der Waals surface area contributed by atoms with Crippen molar-refractivity contribution in [1.29, 1.82) is 5.26 Å². The van der Waals surface area contributed by atoms with Crippen LogP contribution >= 0.6 is 0 Å². The molecule has 3 fully saturated rings. The van der Waals surface area contributed by atoms with Crippen molar-refractivity contribution >= 4 is 23.5 Å². The Labute approximate surface area is 175 Å². The molecule has 1 aromatic heterocycles. The van der Waals surface area contributed by atoms with Gasteiger partial charge in [-0.3, -0.25) is 9.59 Å². The van der Waals surface area contributed by atoms with E-state index in [1.54, 1.807) is 13.0 Å². The monoisotopic (exact) mass is 423 g/mol. The van der Waals surface area contributed by atoms with Gasteiger partial charge in [0.1, 0.15) is 29.4 Å². The van der Waals surface area contributed by atoms with Crippen LogP contribution in [-0.2, 0) is 4.79 Å². The fourth-order valence-electron chi connectivity index (χ4n) is 4.77. The summed E-state index contributed by atoms with van der Waals surface area (Å²) < 4.78 is 27.1. The molecule has 2 bridgehead atoms. The van der Waals surface area contributed by atoms with E-state index in [1.165, 1.54) is 16.0 Å². The lowest BCUT2D eigenvalue weighted by molar-refractivity contribution is -0.121. The Morgan fingerprint density at radius 1 is 1.19 bits per heavy atom. The maximum atomic E-state index is 13.6. The molecule has 8 nitrogen and oxygen atoms in total. The van der Waals surface area contributed by atoms with Crippen LogP contribution in [0.1, 0.15) is 28.0 Å². The van der Waals surface area contributed by atoms with Crippen LogP contribution in [0, 0.1) is 29.9 Å². The zero-order valence-electron chi connectivity index (χ0n) is 16.2. The van der Waals surface area contributed by atoms with Crippen molar-refractivity contribution in [2.75, 3.05) is 11.4 Å². The van der Waals surface area contributed by atoms with Crippen molar-refractivity contribution in [2.45, 2.75) is 31.5 Å². The number of carbonyl (C=O) groups is 3. The molecule has 1 unspecified atom stereocenters. The zero-order valence-corrected chi connectivity index (χ0v) is 16.2. The number of pyridine rings is 1. The van der Waals surface area contributed by atoms with Gasteiger partial charge in [0.15, 0.2) is 0 Å². The molecule has 0 N–H and O–H groups in total. The second kappa shape index (κ2) is 6.57. The smallest absolute Gasteiger partial charge is 0.331 e. The van der Waals surface area contributed by atoms with Gasteiger partial charge in [-0.25, -0.2) is 23.5 Å². The molecular weight excluding hydrogens is 408 g/mol. The molecule has 4 heterocycles. The number of hydrogen-bond acceptors (Lipinski definition) is 5. The summed E-state index contributed by atoms with van der Waals surface area (Å²) in [6.07, 6.45) is 1.72. The predicted octanol–water partition coefficient (Wildman–Crippen LogP) is 1.97.